The van der Waals surface area contributed by atoms with Gasteiger partial charge in [-0.15, -0.1) is 0 Å². The van der Waals surface area contributed by atoms with Crippen LogP contribution in [-0.4, -0.2) is 0 Å². The van der Waals surface area contributed by atoms with Gasteiger partial charge < -0.3 is 0 Å². The molecule has 0 heterocycles. The Morgan fingerprint density at radius 3 is 2.75 bits per heavy atom. The predicted molar refractivity (Wildman–Crippen MR) is 34.6 cm³/mol. The summed E-state index contributed by atoms with van der Waals surface area (Å²) in [6.45, 7) is 3.98. The number of hydrogen-bond acceptors (Lipinski definition) is 0. The van der Waals surface area contributed by atoms with Crippen LogP contribution in [0.4, 0.5) is 0 Å². The molecule has 8 heavy (non-hydrogen) atoms. The first kappa shape index (κ1) is 4.37. The van der Waals surface area contributed by atoms with Crippen LogP contribution in [0.3, 0.4) is 0 Å². The molecular formula is C8H10. The Kier molecular flexibility index (Phi) is 0.682. The van der Waals surface area contributed by atoms with Crippen molar-refractivity contribution in [1.82, 2.24) is 0 Å². The van der Waals surface area contributed by atoms with Crippen molar-refractivity contribution < 1.29 is 0 Å². The lowest BCUT2D eigenvalue weighted by atomic mass is 9.71. The van der Waals surface area contributed by atoms with Gasteiger partial charge in [0, 0.05) is 5.92 Å². The van der Waals surface area contributed by atoms with E-state index in [9.17, 15) is 0 Å². The molecule has 0 nitrogen and oxygen atoms in total. The first-order valence-corrected chi connectivity index (χ1v) is 3.28. The van der Waals surface area contributed by atoms with Crippen molar-refractivity contribution in [3.63, 3.8) is 0 Å². The van der Waals surface area contributed by atoms with Gasteiger partial charge >= 0.3 is 0 Å². The minimum Gasteiger partial charge on any atom is -0.0950 e. The molecule has 1 saturated carbocycles. The lowest BCUT2D eigenvalue weighted by Crippen LogP contribution is -2.18. The van der Waals surface area contributed by atoms with Crippen LogP contribution in [0.1, 0.15) is 19.3 Å². The van der Waals surface area contributed by atoms with Crippen molar-refractivity contribution in [1.29, 1.82) is 0 Å². The Morgan fingerprint density at radius 2 is 2.50 bits per heavy atom. The van der Waals surface area contributed by atoms with E-state index in [4.69, 9.17) is 0 Å². The standard InChI is InChI=1S/C8H10/c1-6-7-3-2-4-8(6)5-7/h5,7H,1-4H2. The summed E-state index contributed by atoms with van der Waals surface area (Å²) in [6.07, 6.45) is 6.43. The van der Waals surface area contributed by atoms with Gasteiger partial charge in [0.05, 0.1) is 0 Å². The maximum absolute atomic E-state index is 3.98. The molecule has 0 aromatic heterocycles. The quantitative estimate of drug-likeness (QED) is 0.444. The molecular weight excluding hydrogens is 96.1 g/mol. The molecule has 0 radical (unpaired) electrons. The molecule has 2 bridgehead atoms. The molecule has 1 unspecified atom stereocenters. The van der Waals surface area contributed by atoms with Crippen molar-refractivity contribution in [2.75, 3.05) is 0 Å². The molecule has 1 atom stereocenters. The highest BCUT2D eigenvalue weighted by Crippen LogP contribution is 2.42. The monoisotopic (exact) mass is 106 g/mol. The Hall–Kier alpha value is -0.520. The summed E-state index contributed by atoms with van der Waals surface area (Å²) in [6, 6.07) is 0. The number of allylic oxidation sites excluding steroid dienone is 3. The van der Waals surface area contributed by atoms with Crippen molar-refractivity contribution in [3.05, 3.63) is 23.8 Å². The van der Waals surface area contributed by atoms with Gasteiger partial charge in [0.2, 0.25) is 0 Å². The van der Waals surface area contributed by atoms with Crippen LogP contribution in [-0.2, 0) is 0 Å². The first-order valence-electron chi connectivity index (χ1n) is 3.28. The van der Waals surface area contributed by atoms with E-state index < -0.39 is 0 Å². The largest absolute Gasteiger partial charge is 0.0950 e. The molecule has 0 aromatic carbocycles. The number of rotatable bonds is 0. The van der Waals surface area contributed by atoms with Crippen LogP contribution in [0.25, 0.3) is 0 Å². The van der Waals surface area contributed by atoms with Gasteiger partial charge in [-0.3, -0.25) is 0 Å². The fourth-order valence-electron chi connectivity index (χ4n) is 1.61. The third kappa shape index (κ3) is 0.360. The van der Waals surface area contributed by atoms with Gasteiger partial charge in [0.1, 0.15) is 0 Å². The first-order chi connectivity index (χ1) is 3.88. The fraction of sp³-hybridized carbons (Fsp3) is 0.500. The molecule has 3 rings (SSSR count). The van der Waals surface area contributed by atoms with E-state index in [1.807, 2.05) is 0 Å². The second kappa shape index (κ2) is 1.25. The van der Waals surface area contributed by atoms with Crippen LogP contribution >= 0.6 is 0 Å². The molecule has 0 N–H and O–H groups in total. The molecule has 0 heteroatoms. The zero-order chi connectivity index (χ0) is 5.56. The second-order valence-corrected chi connectivity index (χ2v) is 2.72. The normalized spacial score (nSPS) is 33.8. The predicted octanol–water partition coefficient (Wildman–Crippen LogP) is 2.28. The summed E-state index contributed by atoms with van der Waals surface area (Å²) in [7, 11) is 0. The SMILES string of the molecule is C=C1C2=CC1CCC2. The molecule has 0 amide bonds. The van der Waals surface area contributed by atoms with Gasteiger partial charge in [-0.1, -0.05) is 12.7 Å². The van der Waals surface area contributed by atoms with Crippen LogP contribution in [0.5, 0.6) is 0 Å². The molecule has 1 fully saturated rings. The molecule has 3 aliphatic rings. The molecule has 0 aromatic rings. The van der Waals surface area contributed by atoms with E-state index in [0.717, 1.165) is 5.92 Å². The van der Waals surface area contributed by atoms with Crippen molar-refractivity contribution in [2.45, 2.75) is 19.3 Å². The van der Waals surface area contributed by atoms with Gasteiger partial charge in [-0.05, 0) is 30.4 Å². The number of hydrogen-bond donors (Lipinski definition) is 0. The molecule has 42 valence electrons. The van der Waals surface area contributed by atoms with E-state index in [1.54, 1.807) is 5.57 Å². The van der Waals surface area contributed by atoms with E-state index in [2.05, 4.69) is 12.7 Å². The van der Waals surface area contributed by atoms with Crippen LogP contribution in [0, 0.1) is 5.92 Å². The maximum atomic E-state index is 3.98. The summed E-state index contributed by atoms with van der Waals surface area (Å²) < 4.78 is 0. The minimum atomic E-state index is 0.791. The van der Waals surface area contributed by atoms with Crippen LogP contribution in [0.15, 0.2) is 23.8 Å². The summed E-state index contributed by atoms with van der Waals surface area (Å²) >= 11 is 0. The summed E-state index contributed by atoms with van der Waals surface area (Å²) in [5.74, 6) is 0.791. The number of fused-ring (bicyclic) bond motifs is 2. The van der Waals surface area contributed by atoms with E-state index >= 15 is 0 Å². The molecule has 0 saturated heterocycles. The Balaban J connectivity index is 2.33. The fourth-order valence-corrected chi connectivity index (χ4v) is 1.61. The van der Waals surface area contributed by atoms with Gasteiger partial charge in [-0.25, -0.2) is 0 Å². The maximum Gasteiger partial charge on any atom is 0.00207 e. The Bertz CT molecular complexity index is 163. The van der Waals surface area contributed by atoms with Gasteiger partial charge in [0.25, 0.3) is 0 Å². The average molecular weight is 106 g/mol. The lowest BCUT2D eigenvalue weighted by molar-refractivity contribution is 0.531. The van der Waals surface area contributed by atoms with Crippen LogP contribution in [0.2, 0.25) is 0 Å². The summed E-state index contributed by atoms with van der Waals surface area (Å²) in [4.78, 5) is 0. The molecule has 0 aliphatic heterocycles. The van der Waals surface area contributed by atoms with Gasteiger partial charge in [0.15, 0.2) is 0 Å². The smallest absolute Gasteiger partial charge is 0.00207 e. The Morgan fingerprint density at radius 1 is 1.62 bits per heavy atom. The molecule has 0 spiro atoms. The highest BCUT2D eigenvalue weighted by atomic mass is 14.3. The third-order valence-electron chi connectivity index (χ3n) is 2.22. The topological polar surface area (TPSA) is 0 Å². The van der Waals surface area contributed by atoms with Crippen molar-refractivity contribution in [2.24, 2.45) is 5.92 Å². The molecule has 3 aliphatic carbocycles. The summed E-state index contributed by atoms with van der Waals surface area (Å²) in [5, 5.41) is 0. The van der Waals surface area contributed by atoms with Gasteiger partial charge in [-0.2, -0.15) is 0 Å². The summed E-state index contributed by atoms with van der Waals surface area (Å²) in [5.41, 5.74) is 2.97. The third-order valence-corrected chi connectivity index (χ3v) is 2.22. The average Bonchev–Trinajstić information content (AvgIpc) is 1.89. The zero-order valence-corrected chi connectivity index (χ0v) is 4.98. The van der Waals surface area contributed by atoms with Crippen molar-refractivity contribution >= 4 is 0 Å². The van der Waals surface area contributed by atoms with E-state index in [1.165, 1.54) is 24.8 Å². The van der Waals surface area contributed by atoms with Crippen molar-refractivity contribution in [3.8, 4) is 0 Å². The highest BCUT2D eigenvalue weighted by Gasteiger charge is 2.27. The van der Waals surface area contributed by atoms with E-state index in [-0.39, 0.29) is 0 Å². The zero-order valence-electron chi connectivity index (χ0n) is 4.98. The lowest BCUT2D eigenvalue weighted by Gasteiger charge is -2.34. The van der Waals surface area contributed by atoms with E-state index in [0.29, 0.717) is 0 Å². The second-order valence-electron chi connectivity index (χ2n) is 2.72. The minimum absolute atomic E-state index is 0.791. The highest BCUT2D eigenvalue weighted by molar-refractivity contribution is 5.45. The Labute approximate surface area is 49.9 Å². The van der Waals surface area contributed by atoms with Crippen LogP contribution < -0.4 is 0 Å².